The first-order valence-electron chi connectivity index (χ1n) is 8.78. The molecule has 4 nitrogen and oxygen atoms in total. The van der Waals surface area contributed by atoms with Crippen LogP contribution in [0.1, 0.15) is 48.0 Å². The van der Waals surface area contributed by atoms with Gasteiger partial charge in [-0.15, -0.1) is 0 Å². The number of benzene rings is 2. The maximum atomic E-state index is 11.6. The summed E-state index contributed by atoms with van der Waals surface area (Å²) < 4.78 is 0. The molecule has 0 amide bonds. The van der Waals surface area contributed by atoms with Gasteiger partial charge in [-0.1, -0.05) is 43.2 Å². The fourth-order valence-electron chi connectivity index (χ4n) is 2.70. The maximum Gasteiger partial charge on any atom is 0.311 e. The average Bonchev–Trinajstić information content (AvgIpc) is 2.61. The normalized spacial score (nSPS) is 10.4. The van der Waals surface area contributed by atoms with E-state index in [-0.39, 0.29) is 5.78 Å². The number of nitrogens with one attached hydrogen (secondary N) is 1. The van der Waals surface area contributed by atoms with Gasteiger partial charge in [0.15, 0.2) is 5.78 Å². The summed E-state index contributed by atoms with van der Waals surface area (Å²) in [6.07, 6.45) is 5.41. The van der Waals surface area contributed by atoms with Crippen molar-refractivity contribution < 1.29 is 14.7 Å². The van der Waals surface area contributed by atoms with E-state index in [1.165, 1.54) is 24.8 Å². The van der Waals surface area contributed by atoms with Crippen molar-refractivity contribution in [1.29, 1.82) is 0 Å². The number of ketones is 1. The number of aryl methyl sites for hydroxylation is 1. The lowest BCUT2D eigenvalue weighted by Gasteiger charge is -2.07. The second kappa shape index (κ2) is 10.3. The van der Waals surface area contributed by atoms with E-state index in [1.807, 2.05) is 18.2 Å². The molecule has 25 heavy (non-hydrogen) atoms. The average molecular weight is 339 g/mol. The van der Waals surface area contributed by atoms with Crippen molar-refractivity contribution in [2.24, 2.45) is 0 Å². The monoisotopic (exact) mass is 339 g/mol. The Morgan fingerprint density at radius 3 is 2.20 bits per heavy atom. The molecule has 0 aromatic heterocycles. The molecular weight excluding hydrogens is 314 g/mol. The SMILES string of the molecule is O=C(O)CC(=O)c1ccc(NCCCCCCc2ccccc2)cc1. The van der Waals surface area contributed by atoms with Crippen LogP contribution in [0.25, 0.3) is 0 Å². The third kappa shape index (κ3) is 7.21. The summed E-state index contributed by atoms with van der Waals surface area (Å²) in [5.41, 5.74) is 2.79. The van der Waals surface area contributed by atoms with Crippen LogP contribution in [0, 0.1) is 0 Å². The largest absolute Gasteiger partial charge is 0.481 e. The molecule has 0 saturated carbocycles. The number of carbonyl (C=O) groups is 2. The zero-order valence-corrected chi connectivity index (χ0v) is 14.4. The lowest BCUT2D eigenvalue weighted by atomic mass is 10.1. The van der Waals surface area contributed by atoms with E-state index < -0.39 is 12.4 Å². The highest BCUT2D eigenvalue weighted by molar-refractivity contribution is 6.05. The summed E-state index contributed by atoms with van der Waals surface area (Å²) in [7, 11) is 0. The third-order valence-corrected chi connectivity index (χ3v) is 4.08. The molecule has 0 aliphatic rings. The van der Waals surface area contributed by atoms with Gasteiger partial charge >= 0.3 is 5.97 Å². The van der Waals surface area contributed by atoms with Gasteiger partial charge in [-0.25, -0.2) is 0 Å². The van der Waals surface area contributed by atoms with Crippen molar-refractivity contribution in [3.63, 3.8) is 0 Å². The van der Waals surface area contributed by atoms with Gasteiger partial charge in [0.1, 0.15) is 6.42 Å². The molecule has 0 unspecified atom stereocenters. The summed E-state index contributed by atoms with van der Waals surface area (Å²) in [4.78, 5) is 22.2. The van der Waals surface area contributed by atoms with Crippen LogP contribution in [0.3, 0.4) is 0 Å². The highest BCUT2D eigenvalue weighted by atomic mass is 16.4. The zero-order chi connectivity index (χ0) is 17.9. The molecule has 4 heteroatoms. The number of carbonyl (C=O) groups excluding carboxylic acids is 1. The van der Waals surface area contributed by atoms with E-state index in [1.54, 1.807) is 12.1 Å². The summed E-state index contributed by atoms with van der Waals surface area (Å²) >= 11 is 0. The topological polar surface area (TPSA) is 66.4 Å². The van der Waals surface area contributed by atoms with E-state index in [4.69, 9.17) is 5.11 Å². The number of hydrogen-bond donors (Lipinski definition) is 2. The minimum absolute atomic E-state index is 0.363. The molecule has 0 aliphatic heterocycles. The van der Waals surface area contributed by atoms with Crippen LogP contribution in [0.15, 0.2) is 54.6 Å². The number of rotatable bonds is 11. The Balaban J connectivity index is 1.58. The predicted molar refractivity (Wildman–Crippen MR) is 100 cm³/mol. The molecule has 0 bridgehead atoms. The molecule has 0 radical (unpaired) electrons. The van der Waals surface area contributed by atoms with E-state index in [2.05, 4.69) is 29.6 Å². The second-order valence-corrected chi connectivity index (χ2v) is 6.15. The number of unbranched alkanes of at least 4 members (excludes halogenated alkanes) is 3. The Hall–Kier alpha value is -2.62. The van der Waals surface area contributed by atoms with E-state index >= 15 is 0 Å². The van der Waals surface area contributed by atoms with Gasteiger partial charge in [-0.05, 0) is 49.1 Å². The van der Waals surface area contributed by atoms with Crippen LogP contribution in [0.5, 0.6) is 0 Å². The highest BCUT2D eigenvalue weighted by Crippen LogP contribution is 2.12. The van der Waals surface area contributed by atoms with Gasteiger partial charge in [0, 0.05) is 17.8 Å². The molecule has 0 fully saturated rings. The molecular formula is C21H25NO3. The lowest BCUT2D eigenvalue weighted by molar-refractivity contribution is -0.135. The van der Waals surface area contributed by atoms with E-state index in [0.717, 1.165) is 25.1 Å². The van der Waals surface area contributed by atoms with Crippen LogP contribution < -0.4 is 5.32 Å². The molecule has 2 rings (SSSR count). The first-order chi connectivity index (χ1) is 12.1. The summed E-state index contributed by atoms with van der Waals surface area (Å²) in [5.74, 6) is -1.46. The maximum absolute atomic E-state index is 11.6. The standard InChI is InChI=1S/C21H25NO3/c23-20(16-21(24)25)18-11-13-19(14-12-18)22-15-7-2-1-4-8-17-9-5-3-6-10-17/h3,5-6,9-14,22H,1-2,4,7-8,15-16H2,(H,24,25). The molecule has 0 atom stereocenters. The summed E-state index contributed by atoms with van der Waals surface area (Å²) in [6.45, 7) is 0.897. The van der Waals surface area contributed by atoms with Crippen LogP contribution in [-0.2, 0) is 11.2 Å². The Morgan fingerprint density at radius 2 is 1.52 bits per heavy atom. The molecule has 0 saturated heterocycles. The van der Waals surface area contributed by atoms with Crippen molar-refractivity contribution in [3.8, 4) is 0 Å². The lowest BCUT2D eigenvalue weighted by Crippen LogP contribution is -2.07. The second-order valence-electron chi connectivity index (χ2n) is 6.15. The van der Waals surface area contributed by atoms with Crippen LogP contribution in [-0.4, -0.2) is 23.4 Å². The van der Waals surface area contributed by atoms with E-state index in [9.17, 15) is 9.59 Å². The van der Waals surface area contributed by atoms with Gasteiger partial charge in [0.2, 0.25) is 0 Å². The van der Waals surface area contributed by atoms with Crippen LogP contribution in [0.2, 0.25) is 0 Å². The summed E-state index contributed by atoms with van der Waals surface area (Å²) in [6, 6.07) is 17.6. The Morgan fingerprint density at radius 1 is 0.840 bits per heavy atom. The van der Waals surface area contributed by atoms with Crippen LogP contribution >= 0.6 is 0 Å². The molecule has 132 valence electrons. The van der Waals surface area contributed by atoms with Crippen molar-refractivity contribution >= 4 is 17.4 Å². The van der Waals surface area contributed by atoms with Gasteiger partial charge in [-0.3, -0.25) is 9.59 Å². The van der Waals surface area contributed by atoms with Crippen LogP contribution in [0.4, 0.5) is 5.69 Å². The number of hydrogen-bond acceptors (Lipinski definition) is 3. The van der Waals surface area contributed by atoms with E-state index in [0.29, 0.717) is 5.56 Å². The molecule has 2 N–H and O–H groups in total. The quantitative estimate of drug-likeness (QED) is 0.358. The van der Waals surface area contributed by atoms with Gasteiger partial charge < -0.3 is 10.4 Å². The minimum atomic E-state index is -1.10. The fourth-order valence-corrected chi connectivity index (χ4v) is 2.70. The number of aliphatic carboxylic acids is 1. The molecule has 0 spiro atoms. The van der Waals surface area contributed by atoms with Gasteiger partial charge in [0.05, 0.1) is 0 Å². The van der Waals surface area contributed by atoms with Gasteiger partial charge in [-0.2, -0.15) is 0 Å². The minimum Gasteiger partial charge on any atom is -0.481 e. The Labute approximate surface area is 148 Å². The molecule has 0 aliphatic carbocycles. The number of carboxylic acid groups (broad SMARTS) is 1. The predicted octanol–water partition coefficient (Wildman–Crippen LogP) is 4.56. The Kier molecular flexibility index (Phi) is 7.70. The Bertz CT molecular complexity index is 665. The molecule has 2 aromatic carbocycles. The van der Waals surface area contributed by atoms with Crippen molar-refractivity contribution in [2.75, 3.05) is 11.9 Å². The molecule has 2 aromatic rings. The molecule has 0 heterocycles. The zero-order valence-electron chi connectivity index (χ0n) is 14.4. The number of carboxylic acids is 1. The first-order valence-corrected chi connectivity index (χ1v) is 8.78. The van der Waals surface area contributed by atoms with Crippen molar-refractivity contribution in [1.82, 2.24) is 0 Å². The number of Topliss-reactive ketones (excluding diaryl/α,β-unsaturated/α-hetero) is 1. The van der Waals surface area contributed by atoms with Crippen molar-refractivity contribution in [3.05, 3.63) is 65.7 Å². The van der Waals surface area contributed by atoms with Gasteiger partial charge in [0.25, 0.3) is 0 Å². The smallest absolute Gasteiger partial charge is 0.311 e. The number of anilines is 1. The van der Waals surface area contributed by atoms with Crippen molar-refractivity contribution in [2.45, 2.75) is 38.5 Å². The fraction of sp³-hybridized carbons (Fsp3) is 0.333. The third-order valence-electron chi connectivity index (χ3n) is 4.08. The summed E-state index contributed by atoms with van der Waals surface area (Å²) in [5, 5.41) is 12.0. The first kappa shape index (κ1) is 18.7. The highest BCUT2D eigenvalue weighted by Gasteiger charge is 2.09.